The van der Waals surface area contributed by atoms with E-state index in [-0.39, 0.29) is 18.5 Å². The van der Waals surface area contributed by atoms with Crippen LogP contribution in [-0.2, 0) is 6.61 Å². The Labute approximate surface area is 120 Å². The number of nitro groups is 1. The topological polar surface area (TPSA) is 129 Å². The molecule has 0 unspecified atom stereocenters. The zero-order valence-electron chi connectivity index (χ0n) is 11.2. The molecule has 1 aromatic heterocycles. The first-order valence-electron chi connectivity index (χ1n) is 6.50. The van der Waals surface area contributed by atoms with Gasteiger partial charge in [0.15, 0.2) is 0 Å². The molecular formula is C12H16N4O5. The van der Waals surface area contributed by atoms with Gasteiger partial charge in [0.25, 0.3) is 0 Å². The smallest absolute Gasteiger partial charge is 0.404 e. The largest absolute Gasteiger partial charge is 0.465 e. The number of hydrogen-bond donors (Lipinski definition) is 3. The summed E-state index contributed by atoms with van der Waals surface area (Å²) in [4.78, 5) is 26.7. The molecule has 0 aliphatic carbocycles. The molecule has 9 nitrogen and oxygen atoms in total. The van der Waals surface area contributed by atoms with Crippen LogP contribution in [0.4, 0.5) is 16.3 Å². The molecule has 1 aromatic rings. The Morgan fingerprint density at radius 3 is 2.71 bits per heavy atom. The lowest BCUT2D eigenvalue weighted by atomic mass is 10.0. The number of carbonyl (C=O) groups is 1. The summed E-state index contributed by atoms with van der Waals surface area (Å²) in [5.74, 6) is -0.286. The maximum atomic E-state index is 11.1. The molecule has 1 aliphatic rings. The van der Waals surface area contributed by atoms with Gasteiger partial charge in [0.05, 0.1) is 6.61 Å². The van der Waals surface area contributed by atoms with E-state index in [4.69, 9.17) is 5.11 Å². The molecule has 0 saturated carbocycles. The van der Waals surface area contributed by atoms with Gasteiger partial charge >= 0.3 is 11.9 Å². The maximum Gasteiger partial charge on any atom is 0.404 e. The number of piperidine rings is 1. The molecule has 114 valence electrons. The van der Waals surface area contributed by atoms with E-state index in [2.05, 4.69) is 10.3 Å². The summed E-state index contributed by atoms with van der Waals surface area (Å²) >= 11 is 0. The van der Waals surface area contributed by atoms with Crippen molar-refractivity contribution in [2.45, 2.75) is 25.5 Å². The summed E-state index contributed by atoms with van der Waals surface area (Å²) in [7, 11) is 0. The summed E-state index contributed by atoms with van der Waals surface area (Å²) < 4.78 is 0. The van der Waals surface area contributed by atoms with E-state index in [9.17, 15) is 20.0 Å². The summed E-state index contributed by atoms with van der Waals surface area (Å²) in [6.07, 6.45) is 1.31. The highest BCUT2D eigenvalue weighted by Gasteiger charge is 2.28. The molecule has 1 aliphatic heterocycles. The highest BCUT2D eigenvalue weighted by molar-refractivity contribution is 5.66. The fourth-order valence-electron chi connectivity index (χ4n) is 2.51. The quantitative estimate of drug-likeness (QED) is 0.551. The number of carboxylic acid groups (broad SMARTS) is 1. The van der Waals surface area contributed by atoms with Crippen LogP contribution in [0.2, 0.25) is 0 Å². The van der Waals surface area contributed by atoms with Crippen LogP contribution in [0.15, 0.2) is 12.3 Å². The number of anilines is 1. The minimum Gasteiger partial charge on any atom is -0.465 e. The zero-order valence-corrected chi connectivity index (χ0v) is 11.2. The van der Waals surface area contributed by atoms with Gasteiger partial charge < -0.3 is 30.5 Å². The van der Waals surface area contributed by atoms with E-state index in [1.54, 1.807) is 11.0 Å². The number of aliphatic hydroxyl groups excluding tert-OH is 1. The van der Waals surface area contributed by atoms with E-state index in [0.29, 0.717) is 37.2 Å². The molecule has 1 amide bonds. The second-order valence-corrected chi connectivity index (χ2v) is 4.77. The fourth-order valence-corrected chi connectivity index (χ4v) is 2.51. The van der Waals surface area contributed by atoms with Crippen molar-refractivity contribution in [3.05, 3.63) is 27.9 Å². The van der Waals surface area contributed by atoms with Gasteiger partial charge in [0.1, 0.15) is 11.9 Å². The third-order valence-electron chi connectivity index (χ3n) is 3.47. The molecule has 0 spiro atoms. The predicted octanol–water partition coefficient (Wildman–Crippen LogP) is 0.718. The summed E-state index contributed by atoms with van der Waals surface area (Å²) in [5.41, 5.74) is 0.764. The normalized spacial score (nSPS) is 15.8. The molecule has 0 atom stereocenters. The molecule has 0 aromatic carbocycles. The van der Waals surface area contributed by atoms with Crippen LogP contribution >= 0.6 is 0 Å². The molecule has 1 saturated heterocycles. The standard InChI is InChI=1S/C12H16N4O5/c17-7-8-1-4-13-11(16(20)21)10(8)15-5-2-9(3-6-15)14-12(18)19/h1,4,9,14,17H,2-3,5-7H2,(H,18,19). The van der Waals surface area contributed by atoms with Crippen molar-refractivity contribution in [2.75, 3.05) is 18.0 Å². The number of nitrogens with zero attached hydrogens (tertiary/aromatic N) is 3. The van der Waals surface area contributed by atoms with Gasteiger partial charge in [-0.15, -0.1) is 0 Å². The lowest BCUT2D eigenvalue weighted by Gasteiger charge is -2.33. The van der Waals surface area contributed by atoms with Crippen molar-refractivity contribution < 1.29 is 19.9 Å². The number of aromatic nitrogens is 1. The molecule has 0 bridgehead atoms. The van der Waals surface area contributed by atoms with Gasteiger partial charge in [0, 0.05) is 24.7 Å². The van der Waals surface area contributed by atoms with Gasteiger partial charge in [-0.05, 0) is 28.8 Å². The van der Waals surface area contributed by atoms with E-state index in [1.807, 2.05) is 0 Å². The predicted molar refractivity (Wildman–Crippen MR) is 73.2 cm³/mol. The first kappa shape index (κ1) is 15.0. The average Bonchev–Trinajstić information content (AvgIpc) is 2.46. The van der Waals surface area contributed by atoms with E-state index >= 15 is 0 Å². The van der Waals surface area contributed by atoms with Crippen LogP contribution in [-0.4, -0.2) is 45.3 Å². The lowest BCUT2D eigenvalue weighted by molar-refractivity contribution is -0.388. The zero-order chi connectivity index (χ0) is 15.4. The van der Waals surface area contributed by atoms with Gasteiger partial charge in [0.2, 0.25) is 0 Å². The second kappa shape index (κ2) is 6.35. The van der Waals surface area contributed by atoms with Crippen LogP contribution in [0.3, 0.4) is 0 Å². The number of rotatable bonds is 4. The van der Waals surface area contributed by atoms with Gasteiger partial charge in [-0.2, -0.15) is 0 Å². The van der Waals surface area contributed by atoms with Crippen molar-refractivity contribution in [1.29, 1.82) is 0 Å². The summed E-state index contributed by atoms with van der Waals surface area (Å²) in [5, 5.41) is 31.5. The highest BCUT2D eigenvalue weighted by Crippen LogP contribution is 2.32. The van der Waals surface area contributed by atoms with Gasteiger partial charge in [-0.25, -0.2) is 4.79 Å². The first-order valence-corrected chi connectivity index (χ1v) is 6.50. The van der Waals surface area contributed by atoms with E-state index in [1.165, 1.54) is 6.20 Å². The Bertz CT molecular complexity index is 542. The Kier molecular flexibility index (Phi) is 4.53. The Hall–Kier alpha value is -2.42. The maximum absolute atomic E-state index is 11.1. The van der Waals surface area contributed by atoms with Crippen LogP contribution in [0.25, 0.3) is 0 Å². The molecule has 2 rings (SSSR count). The van der Waals surface area contributed by atoms with Crippen LogP contribution < -0.4 is 10.2 Å². The van der Waals surface area contributed by atoms with Gasteiger partial charge in [-0.3, -0.25) is 0 Å². The van der Waals surface area contributed by atoms with Crippen LogP contribution in [0, 0.1) is 10.1 Å². The van der Waals surface area contributed by atoms with Crippen LogP contribution in [0.1, 0.15) is 18.4 Å². The molecule has 9 heteroatoms. The fraction of sp³-hybridized carbons (Fsp3) is 0.500. The number of hydrogen-bond acceptors (Lipinski definition) is 6. The third kappa shape index (κ3) is 3.37. The van der Waals surface area contributed by atoms with E-state index in [0.717, 1.165) is 0 Å². The first-order chi connectivity index (χ1) is 10.0. The summed E-state index contributed by atoms with van der Waals surface area (Å²) in [6, 6.07) is 1.39. The molecule has 2 heterocycles. The minimum atomic E-state index is -1.07. The monoisotopic (exact) mass is 296 g/mol. The van der Waals surface area contributed by atoms with Crippen molar-refractivity contribution in [2.24, 2.45) is 0 Å². The minimum absolute atomic E-state index is 0.160. The number of amides is 1. The van der Waals surface area contributed by atoms with Crippen LogP contribution in [0.5, 0.6) is 0 Å². The second-order valence-electron chi connectivity index (χ2n) is 4.77. The number of pyridine rings is 1. The Morgan fingerprint density at radius 1 is 1.52 bits per heavy atom. The third-order valence-corrected chi connectivity index (χ3v) is 3.47. The van der Waals surface area contributed by atoms with Crippen molar-refractivity contribution >= 4 is 17.6 Å². The van der Waals surface area contributed by atoms with Gasteiger partial charge in [-0.1, -0.05) is 0 Å². The molecule has 0 radical (unpaired) electrons. The van der Waals surface area contributed by atoms with Crippen molar-refractivity contribution in [3.63, 3.8) is 0 Å². The lowest BCUT2D eigenvalue weighted by Crippen LogP contribution is -2.44. The van der Waals surface area contributed by atoms with Crippen molar-refractivity contribution in [1.82, 2.24) is 10.3 Å². The van der Waals surface area contributed by atoms with Crippen molar-refractivity contribution in [3.8, 4) is 0 Å². The average molecular weight is 296 g/mol. The number of aliphatic hydroxyl groups is 1. The molecule has 21 heavy (non-hydrogen) atoms. The highest BCUT2D eigenvalue weighted by atomic mass is 16.6. The Morgan fingerprint density at radius 2 is 2.19 bits per heavy atom. The molecule has 1 fully saturated rings. The number of nitrogens with one attached hydrogen (secondary N) is 1. The Balaban J connectivity index is 2.19. The molecule has 3 N–H and O–H groups in total. The summed E-state index contributed by atoms with van der Waals surface area (Å²) in [6.45, 7) is 0.612. The SMILES string of the molecule is O=C(O)NC1CCN(c2c(CO)ccnc2[N+](=O)[O-])CC1. The van der Waals surface area contributed by atoms with E-state index < -0.39 is 11.0 Å². The molecular weight excluding hydrogens is 280 g/mol.